The highest BCUT2D eigenvalue weighted by atomic mass is 15.1. The zero-order valence-electron chi connectivity index (χ0n) is 15.8. The third-order valence-corrected chi connectivity index (χ3v) is 4.64. The maximum atomic E-state index is 5.53. The first-order chi connectivity index (χ1) is 10.8. The minimum Gasteiger partial charge on any atom is -0.330 e. The summed E-state index contributed by atoms with van der Waals surface area (Å²) in [5.41, 5.74) is 5.53. The smallest absolute Gasteiger partial charge is 0.000977 e. The van der Waals surface area contributed by atoms with Crippen molar-refractivity contribution in [1.82, 2.24) is 4.90 Å². The lowest BCUT2D eigenvalue weighted by atomic mass is 10.0. The minimum atomic E-state index is 0.822. The van der Waals surface area contributed by atoms with Gasteiger partial charge >= 0.3 is 0 Å². The van der Waals surface area contributed by atoms with Crippen molar-refractivity contribution in [3.05, 3.63) is 0 Å². The van der Waals surface area contributed by atoms with Gasteiger partial charge in [-0.25, -0.2) is 0 Å². The van der Waals surface area contributed by atoms with Crippen molar-refractivity contribution in [1.29, 1.82) is 0 Å². The second-order valence-electron chi connectivity index (χ2n) is 7.04. The molecule has 0 unspecified atom stereocenters. The molecule has 0 aromatic rings. The Hall–Kier alpha value is -0.0800. The van der Waals surface area contributed by atoms with Crippen molar-refractivity contribution >= 4 is 0 Å². The van der Waals surface area contributed by atoms with Gasteiger partial charge in [0.1, 0.15) is 0 Å². The lowest BCUT2D eigenvalue weighted by Crippen LogP contribution is -2.22. The fourth-order valence-electron chi connectivity index (χ4n) is 3.05. The maximum absolute atomic E-state index is 5.53. The van der Waals surface area contributed by atoms with Crippen LogP contribution < -0.4 is 5.73 Å². The summed E-state index contributed by atoms with van der Waals surface area (Å²) in [6.45, 7) is 5.52. The Balaban J connectivity index is 3.02. The highest BCUT2D eigenvalue weighted by Gasteiger charge is 1.97. The average molecular weight is 313 g/mol. The fourth-order valence-corrected chi connectivity index (χ4v) is 3.05. The molecule has 0 aliphatic carbocycles. The predicted octanol–water partition coefficient (Wildman–Crippen LogP) is 5.75. The van der Waals surface area contributed by atoms with E-state index in [0.717, 1.165) is 19.5 Å². The molecule has 0 saturated heterocycles. The molecule has 0 atom stereocenters. The lowest BCUT2D eigenvalue weighted by Gasteiger charge is -2.15. The number of unbranched alkanes of at least 4 members (excludes halogenated alkanes) is 13. The van der Waals surface area contributed by atoms with Crippen LogP contribution in [0.15, 0.2) is 0 Å². The molecule has 22 heavy (non-hydrogen) atoms. The lowest BCUT2D eigenvalue weighted by molar-refractivity contribution is 0.321. The Labute approximate surface area is 141 Å². The number of nitrogens with zero attached hydrogens (tertiary/aromatic N) is 1. The third-order valence-electron chi connectivity index (χ3n) is 4.64. The van der Waals surface area contributed by atoms with Crippen LogP contribution in [-0.4, -0.2) is 31.6 Å². The summed E-state index contributed by atoms with van der Waals surface area (Å²) in [6, 6.07) is 0. The Kier molecular flexibility index (Phi) is 18.9. The van der Waals surface area contributed by atoms with Crippen molar-refractivity contribution < 1.29 is 0 Å². The van der Waals surface area contributed by atoms with Gasteiger partial charge < -0.3 is 10.6 Å². The second-order valence-corrected chi connectivity index (χ2v) is 7.04. The predicted molar refractivity (Wildman–Crippen MR) is 101 cm³/mol. The first kappa shape index (κ1) is 21.9. The summed E-state index contributed by atoms with van der Waals surface area (Å²) < 4.78 is 0. The molecule has 0 saturated carbocycles. The van der Waals surface area contributed by atoms with E-state index in [2.05, 4.69) is 18.9 Å². The van der Waals surface area contributed by atoms with Gasteiger partial charge in [-0.3, -0.25) is 0 Å². The zero-order valence-corrected chi connectivity index (χ0v) is 15.8. The molecule has 0 fully saturated rings. The van der Waals surface area contributed by atoms with Gasteiger partial charge in [0, 0.05) is 0 Å². The Bertz CT molecular complexity index is 194. The van der Waals surface area contributed by atoms with Crippen LogP contribution in [0.25, 0.3) is 0 Å². The van der Waals surface area contributed by atoms with Crippen LogP contribution in [0.2, 0.25) is 0 Å². The molecule has 2 nitrogen and oxygen atoms in total. The highest BCUT2D eigenvalue weighted by molar-refractivity contribution is 4.54. The summed E-state index contributed by atoms with van der Waals surface area (Å²) in [7, 11) is 2.22. The zero-order chi connectivity index (χ0) is 16.3. The molecule has 134 valence electrons. The van der Waals surface area contributed by atoms with Gasteiger partial charge in [-0.05, 0) is 39.5 Å². The SMILES string of the molecule is CCCCCCCCCCCCCCCCN(C)CCCN. The molecule has 0 aliphatic rings. The van der Waals surface area contributed by atoms with Gasteiger partial charge in [-0.1, -0.05) is 90.4 Å². The Morgan fingerprint density at radius 2 is 0.909 bits per heavy atom. The van der Waals surface area contributed by atoms with Crippen LogP contribution in [0.5, 0.6) is 0 Å². The number of hydrogen-bond acceptors (Lipinski definition) is 2. The molecular formula is C20H44N2. The second kappa shape index (κ2) is 19.0. The maximum Gasteiger partial charge on any atom is -0.000977 e. The van der Waals surface area contributed by atoms with Gasteiger partial charge in [-0.2, -0.15) is 0 Å². The van der Waals surface area contributed by atoms with Crippen LogP contribution in [0.4, 0.5) is 0 Å². The largest absolute Gasteiger partial charge is 0.330 e. The highest BCUT2D eigenvalue weighted by Crippen LogP contribution is 2.12. The molecule has 2 heteroatoms. The summed E-state index contributed by atoms with van der Waals surface area (Å²) in [5.74, 6) is 0. The van der Waals surface area contributed by atoms with Gasteiger partial charge in [0.25, 0.3) is 0 Å². The summed E-state index contributed by atoms with van der Waals surface area (Å²) in [4.78, 5) is 2.42. The van der Waals surface area contributed by atoms with E-state index < -0.39 is 0 Å². The van der Waals surface area contributed by atoms with E-state index in [-0.39, 0.29) is 0 Å². The van der Waals surface area contributed by atoms with Gasteiger partial charge in [-0.15, -0.1) is 0 Å². The van der Waals surface area contributed by atoms with Crippen molar-refractivity contribution in [3.63, 3.8) is 0 Å². The Morgan fingerprint density at radius 1 is 0.545 bits per heavy atom. The first-order valence-electron chi connectivity index (χ1n) is 10.2. The standard InChI is InChI=1S/C20H44N2/c1-3-4-5-6-7-8-9-10-11-12-13-14-15-16-19-22(2)20-17-18-21/h3-21H2,1-2H3. The molecule has 0 radical (unpaired) electrons. The minimum absolute atomic E-state index is 0.822. The van der Waals surface area contributed by atoms with E-state index in [1.54, 1.807) is 0 Å². The van der Waals surface area contributed by atoms with E-state index in [9.17, 15) is 0 Å². The van der Waals surface area contributed by atoms with Crippen LogP contribution in [-0.2, 0) is 0 Å². The molecule has 0 bridgehead atoms. The Morgan fingerprint density at radius 3 is 1.32 bits per heavy atom. The molecule has 0 amide bonds. The van der Waals surface area contributed by atoms with Crippen LogP contribution in [0, 0.1) is 0 Å². The van der Waals surface area contributed by atoms with E-state index in [1.807, 2.05) is 0 Å². The van der Waals surface area contributed by atoms with E-state index in [4.69, 9.17) is 5.73 Å². The molecule has 0 aromatic carbocycles. The van der Waals surface area contributed by atoms with Crippen LogP contribution in [0.1, 0.15) is 103 Å². The summed E-state index contributed by atoms with van der Waals surface area (Å²) >= 11 is 0. The molecular weight excluding hydrogens is 268 g/mol. The number of hydrogen-bond donors (Lipinski definition) is 1. The van der Waals surface area contributed by atoms with Crippen LogP contribution >= 0.6 is 0 Å². The summed E-state index contributed by atoms with van der Waals surface area (Å²) in [6.07, 6.45) is 21.3. The quantitative estimate of drug-likeness (QED) is 0.327. The van der Waals surface area contributed by atoms with Crippen molar-refractivity contribution in [2.75, 3.05) is 26.7 Å². The van der Waals surface area contributed by atoms with Gasteiger partial charge in [0.15, 0.2) is 0 Å². The monoisotopic (exact) mass is 312 g/mol. The molecule has 0 rings (SSSR count). The molecule has 0 spiro atoms. The number of rotatable bonds is 18. The molecule has 0 aliphatic heterocycles. The number of nitrogens with two attached hydrogens (primary N) is 1. The van der Waals surface area contributed by atoms with E-state index in [1.165, 1.54) is 96.4 Å². The topological polar surface area (TPSA) is 29.3 Å². The molecule has 0 aromatic heterocycles. The third kappa shape index (κ3) is 18.0. The first-order valence-corrected chi connectivity index (χ1v) is 10.2. The van der Waals surface area contributed by atoms with E-state index in [0.29, 0.717) is 0 Å². The van der Waals surface area contributed by atoms with Crippen LogP contribution in [0.3, 0.4) is 0 Å². The van der Waals surface area contributed by atoms with Gasteiger partial charge in [0.2, 0.25) is 0 Å². The van der Waals surface area contributed by atoms with Crippen molar-refractivity contribution in [2.24, 2.45) is 5.73 Å². The average Bonchev–Trinajstić information content (AvgIpc) is 2.53. The van der Waals surface area contributed by atoms with Gasteiger partial charge in [0.05, 0.1) is 0 Å². The molecule has 2 N–H and O–H groups in total. The summed E-state index contributed by atoms with van der Waals surface area (Å²) in [5, 5.41) is 0. The van der Waals surface area contributed by atoms with Crippen molar-refractivity contribution in [2.45, 2.75) is 103 Å². The normalized spacial score (nSPS) is 11.5. The molecule has 0 heterocycles. The van der Waals surface area contributed by atoms with E-state index >= 15 is 0 Å². The van der Waals surface area contributed by atoms with Crippen molar-refractivity contribution in [3.8, 4) is 0 Å². The fraction of sp³-hybridized carbons (Fsp3) is 1.00.